The van der Waals surface area contributed by atoms with Gasteiger partial charge in [0.15, 0.2) is 0 Å². The van der Waals surface area contributed by atoms with E-state index < -0.39 is 17.0 Å². The molecule has 0 aliphatic carbocycles. The van der Waals surface area contributed by atoms with Crippen LogP contribution in [0.3, 0.4) is 0 Å². The number of ether oxygens (including phenoxy) is 2. The van der Waals surface area contributed by atoms with Crippen molar-refractivity contribution in [3.8, 4) is 0 Å². The van der Waals surface area contributed by atoms with Gasteiger partial charge in [0.1, 0.15) is 12.4 Å². The van der Waals surface area contributed by atoms with E-state index in [4.69, 9.17) is 9.47 Å². The Morgan fingerprint density at radius 3 is 2.78 bits per heavy atom. The first-order valence-electron chi connectivity index (χ1n) is 6.17. The monoisotopic (exact) mass is 250 g/mol. The summed E-state index contributed by atoms with van der Waals surface area (Å²) in [6.45, 7) is 9.56. The van der Waals surface area contributed by atoms with Crippen LogP contribution in [0.1, 0.15) is 27.2 Å². The summed E-state index contributed by atoms with van der Waals surface area (Å²) in [5.74, 6) is -0.266. The van der Waals surface area contributed by atoms with E-state index in [1.165, 1.54) is 6.08 Å². The first-order chi connectivity index (χ1) is 8.41. The molecule has 0 saturated carbocycles. The van der Waals surface area contributed by atoms with Crippen LogP contribution in [0.5, 0.6) is 0 Å². The van der Waals surface area contributed by atoms with E-state index in [0.29, 0.717) is 5.76 Å². The van der Waals surface area contributed by atoms with Gasteiger partial charge in [-0.2, -0.15) is 0 Å². The number of carbonyl (C=O) groups excluding carboxylic acids is 2. The molecule has 0 aromatic rings. The summed E-state index contributed by atoms with van der Waals surface area (Å²) in [6.07, 6.45) is 3.85. The number of allylic oxidation sites excluding steroid dienone is 1. The molecule has 4 nitrogen and oxygen atoms in total. The maximum absolute atomic E-state index is 12.3. The third-order valence-electron chi connectivity index (χ3n) is 4.03. The predicted octanol–water partition coefficient (Wildman–Crippen LogP) is 2.00. The Morgan fingerprint density at radius 2 is 2.22 bits per heavy atom. The molecule has 1 spiro atoms. The minimum absolute atomic E-state index is 0.107. The molecule has 2 aliphatic heterocycles. The van der Waals surface area contributed by atoms with Crippen LogP contribution < -0.4 is 0 Å². The van der Waals surface area contributed by atoms with Gasteiger partial charge in [0.2, 0.25) is 5.78 Å². The van der Waals surface area contributed by atoms with Crippen LogP contribution in [0.4, 0.5) is 0 Å². The summed E-state index contributed by atoms with van der Waals surface area (Å²) >= 11 is 0. The highest BCUT2D eigenvalue weighted by Crippen LogP contribution is 2.48. The van der Waals surface area contributed by atoms with Gasteiger partial charge in [0.25, 0.3) is 5.60 Å². The molecule has 18 heavy (non-hydrogen) atoms. The van der Waals surface area contributed by atoms with Gasteiger partial charge in [0.05, 0.1) is 5.41 Å². The number of esters is 1. The quantitative estimate of drug-likeness (QED) is 0.437. The number of hydrogen-bond acceptors (Lipinski definition) is 4. The molecule has 3 atom stereocenters. The summed E-state index contributed by atoms with van der Waals surface area (Å²) in [4.78, 5) is 24.3. The number of carbonyl (C=O) groups is 2. The summed E-state index contributed by atoms with van der Waals surface area (Å²) in [7, 11) is 0. The number of rotatable bonds is 3. The molecule has 0 N–H and O–H groups in total. The lowest BCUT2D eigenvalue weighted by Gasteiger charge is -2.32. The van der Waals surface area contributed by atoms with Gasteiger partial charge in [-0.3, -0.25) is 4.79 Å². The Morgan fingerprint density at radius 1 is 1.56 bits per heavy atom. The van der Waals surface area contributed by atoms with Gasteiger partial charge in [-0.1, -0.05) is 19.9 Å². The minimum Gasteiger partial charge on any atom is -0.470 e. The predicted molar refractivity (Wildman–Crippen MR) is 65.6 cm³/mol. The average Bonchev–Trinajstić information content (AvgIpc) is 2.84. The van der Waals surface area contributed by atoms with E-state index in [-0.39, 0.29) is 18.3 Å². The van der Waals surface area contributed by atoms with Crippen LogP contribution >= 0.6 is 0 Å². The minimum atomic E-state index is -1.55. The standard InChI is InChI=1S/C14H18O4/c1-5-9(3)10-7-11(15)14(18-10)12(16)17-8-13(14,4)6-2/h6-7,9H,2,5,8H2,1,3-4H3/t9-,13-,14-/m0/s1. The van der Waals surface area contributed by atoms with Crippen molar-refractivity contribution in [1.82, 2.24) is 0 Å². The summed E-state index contributed by atoms with van der Waals surface area (Å²) < 4.78 is 10.8. The van der Waals surface area contributed by atoms with Crippen molar-refractivity contribution in [3.05, 3.63) is 24.5 Å². The summed E-state index contributed by atoms with van der Waals surface area (Å²) in [5, 5.41) is 0. The van der Waals surface area contributed by atoms with Gasteiger partial charge in [-0.15, -0.1) is 6.58 Å². The molecule has 4 heteroatoms. The second kappa shape index (κ2) is 3.97. The van der Waals surface area contributed by atoms with Crippen molar-refractivity contribution >= 4 is 11.8 Å². The van der Waals surface area contributed by atoms with Crippen LogP contribution in [-0.4, -0.2) is 24.0 Å². The molecule has 0 unspecified atom stereocenters. The van der Waals surface area contributed by atoms with Gasteiger partial charge < -0.3 is 9.47 Å². The Bertz CT molecular complexity index is 451. The normalized spacial score (nSPS) is 36.3. The lowest BCUT2D eigenvalue weighted by molar-refractivity contribution is -0.161. The molecule has 0 amide bonds. The zero-order valence-electron chi connectivity index (χ0n) is 11.0. The number of cyclic esters (lactones) is 1. The maximum atomic E-state index is 12.3. The van der Waals surface area contributed by atoms with Gasteiger partial charge in [0, 0.05) is 12.0 Å². The largest absolute Gasteiger partial charge is 0.470 e. The molecule has 2 rings (SSSR count). The zero-order valence-corrected chi connectivity index (χ0v) is 11.0. The van der Waals surface area contributed by atoms with Gasteiger partial charge in [-0.05, 0) is 13.3 Å². The highest BCUT2D eigenvalue weighted by atomic mass is 16.6. The fourth-order valence-corrected chi connectivity index (χ4v) is 2.33. The van der Waals surface area contributed by atoms with E-state index >= 15 is 0 Å². The topological polar surface area (TPSA) is 52.6 Å². The van der Waals surface area contributed by atoms with E-state index in [2.05, 4.69) is 6.58 Å². The van der Waals surface area contributed by atoms with Crippen LogP contribution in [-0.2, 0) is 19.1 Å². The molecule has 0 aromatic heterocycles. The van der Waals surface area contributed by atoms with E-state index in [9.17, 15) is 9.59 Å². The Balaban J connectivity index is 2.43. The Labute approximate surface area is 107 Å². The van der Waals surface area contributed by atoms with Gasteiger partial charge >= 0.3 is 5.97 Å². The van der Waals surface area contributed by atoms with Crippen molar-refractivity contribution in [2.75, 3.05) is 6.61 Å². The first kappa shape index (κ1) is 12.9. The van der Waals surface area contributed by atoms with E-state index in [1.54, 1.807) is 13.0 Å². The highest BCUT2D eigenvalue weighted by molar-refractivity contribution is 6.16. The molecule has 0 radical (unpaired) electrons. The zero-order chi connectivity index (χ0) is 13.6. The van der Waals surface area contributed by atoms with Crippen molar-refractivity contribution in [2.24, 2.45) is 11.3 Å². The lowest BCUT2D eigenvalue weighted by Crippen LogP contribution is -2.52. The number of hydrogen-bond donors (Lipinski definition) is 0. The highest BCUT2D eigenvalue weighted by Gasteiger charge is 2.68. The Hall–Kier alpha value is -1.58. The second-order valence-corrected chi connectivity index (χ2v) is 5.20. The number of ketones is 1. The van der Waals surface area contributed by atoms with Crippen LogP contribution in [0, 0.1) is 11.3 Å². The third-order valence-corrected chi connectivity index (χ3v) is 4.03. The molecular weight excluding hydrogens is 232 g/mol. The van der Waals surface area contributed by atoms with Crippen molar-refractivity contribution in [3.63, 3.8) is 0 Å². The van der Waals surface area contributed by atoms with Crippen LogP contribution in [0.15, 0.2) is 24.5 Å². The SMILES string of the molecule is C=C[C@@]1(C)COC(=O)[C@]12OC([C@@H](C)CC)=CC2=O. The molecule has 2 heterocycles. The Kier molecular flexibility index (Phi) is 2.84. The molecule has 0 bridgehead atoms. The van der Waals surface area contributed by atoms with Crippen molar-refractivity contribution < 1.29 is 19.1 Å². The summed E-state index contributed by atoms with van der Waals surface area (Å²) in [6, 6.07) is 0. The van der Waals surface area contributed by atoms with Crippen molar-refractivity contribution in [1.29, 1.82) is 0 Å². The molecule has 2 aliphatic rings. The second-order valence-electron chi connectivity index (χ2n) is 5.20. The van der Waals surface area contributed by atoms with E-state index in [0.717, 1.165) is 6.42 Å². The smallest absolute Gasteiger partial charge is 0.359 e. The fourth-order valence-electron chi connectivity index (χ4n) is 2.33. The van der Waals surface area contributed by atoms with Crippen LogP contribution in [0.25, 0.3) is 0 Å². The summed E-state index contributed by atoms with van der Waals surface area (Å²) in [5.41, 5.74) is -2.36. The molecular formula is C14H18O4. The third kappa shape index (κ3) is 1.38. The molecule has 98 valence electrons. The van der Waals surface area contributed by atoms with Gasteiger partial charge in [-0.25, -0.2) is 4.79 Å². The van der Waals surface area contributed by atoms with Crippen LogP contribution in [0.2, 0.25) is 0 Å². The average molecular weight is 250 g/mol. The van der Waals surface area contributed by atoms with Crippen molar-refractivity contribution in [2.45, 2.75) is 32.8 Å². The lowest BCUT2D eigenvalue weighted by atomic mass is 9.73. The van der Waals surface area contributed by atoms with E-state index in [1.807, 2.05) is 13.8 Å². The molecule has 1 saturated heterocycles. The fraction of sp³-hybridized carbons (Fsp3) is 0.571. The maximum Gasteiger partial charge on any atom is 0.359 e. The molecule has 0 aromatic carbocycles. The first-order valence-corrected chi connectivity index (χ1v) is 6.17. The molecule has 1 fully saturated rings.